The van der Waals surface area contributed by atoms with Gasteiger partial charge in [0.15, 0.2) is 0 Å². The lowest BCUT2D eigenvalue weighted by atomic mass is 9.91. The molecule has 2 amide bonds. The number of ether oxygens (including phenoxy) is 3. The standard InChI is InChI=1S/C18H25N3O4/c22-17(21-14-9-13-12-24-6-2-16(13)19-10-14)20-11-15-1-3-18(25-15)4-7-23-8-5-18/h9-10,15H,1-8,11-12H2,(H2,20,21,22). The number of carbonyl (C=O) groups is 1. The number of carbonyl (C=O) groups excluding carboxylic acids is 1. The summed E-state index contributed by atoms with van der Waals surface area (Å²) in [5, 5.41) is 5.75. The number of hydrogen-bond donors (Lipinski definition) is 2. The van der Waals surface area contributed by atoms with Crippen molar-refractivity contribution in [2.24, 2.45) is 0 Å². The molecule has 1 atom stereocenters. The number of nitrogens with one attached hydrogen (secondary N) is 2. The Hall–Kier alpha value is -1.70. The van der Waals surface area contributed by atoms with Crippen LogP contribution in [0.15, 0.2) is 12.3 Å². The van der Waals surface area contributed by atoms with Crippen LogP contribution in [-0.2, 0) is 27.2 Å². The van der Waals surface area contributed by atoms with Crippen molar-refractivity contribution < 1.29 is 19.0 Å². The molecule has 0 aliphatic carbocycles. The molecule has 1 aromatic rings. The molecule has 4 heterocycles. The van der Waals surface area contributed by atoms with Gasteiger partial charge < -0.3 is 24.8 Å². The highest BCUT2D eigenvalue weighted by Gasteiger charge is 2.41. The van der Waals surface area contributed by atoms with Crippen LogP contribution in [0, 0.1) is 0 Å². The summed E-state index contributed by atoms with van der Waals surface area (Å²) in [6.07, 6.45) is 6.56. The van der Waals surface area contributed by atoms with Gasteiger partial charge in [0.05, 0.1) is 36.8 Å². The van der Waals surface area contributed by atoms with E-state index >= 15 is 0 Å². The van der Waals surface area contributed by atoms with Gasteiger partial charge in [0.2, 0.25) is 0 Å². The third-order valence-corrected chi connectivity index (χ3v) is 5.29. The fourth-order valence-corrected chi connectivity index (χ4v) is 3.84. The van der Waals surface area contributed by atoms with Crippen LogP contribution in [-0.4, -0.2) is 49.1 Å². The zero-order valence-electron chi connectivity index (χ0n) is 14.4. The first kappa shape index (κ1) is 16.8. The summed E-state index contributed by atoms with van der Waals surface area (Å²) < 4.78 is 17.1. The van der Waals surface area contributed by atoms with E-state index in [9.17, 15) is 4.79 Å². The second-order valence-electron chi connectivity index (χ2n) is 7.04. The van der Waals surface area contributed by atoms with Crippen molar-refractivity contribution in [1.82, 2.24) is 10.3 Å². The molecule has 7 nitrogen and oxygen atoms in total. The van der Waals surface area contributed by atoms with E-state index < -0.39 is 0 Å². The Morgan fingerprint density at radius 3 is 3.00 bits per heavy atom. The highest BCUT2D eigenvalue weighted by molar-refractivity contribution is 5.89. The number of aromatic nitrogens is 1. The summed E-state index contributed by atoms with van der Waals surface area (Å²) >= 11 is 0. The summed E-state index contributed by atoms with van der Waals surface area (Å²) in [4.78, 5) is 16.6. The van der Waals surface area contributed by atoms with Crippen LogP contribution >= 0.6 is 0 Å². The van der Waals surface area contributed by atoms with Crippen LogP contribution < -0.4 is 10.6 Å². The highest BCUT2D eigenvalue weighted by atomic mass is 16.5. The molecule has 1 aromatic heterocycles. The van der Waals surface area contributed by atoms with Gasteiger partial charge in [-0.25, -0.2) is 4.79 Å². The monoisotopic (exact) mass is 347 g/mol. The molecule has 1 spiro atoms. The number of urea groups is 1. The quantitative estimate of drug-likeness (QED) is 0.874. The van der Waals surface area contributed by atoms with Crippen LogP contribution in [0.2, 0.25) is 0 Å². The number of anilines is 1. The molecule has 1 unspecified atom stereocenters. The molecule has 0 bridgehead atoms. The summed E-state index contributed by atoms with van der Waals surface area (Å²) in [7, 11) is 0. The predicted octanol–water partition coefficient (Wildman–Crippen LogP) is 2.00. The van der Waals surface area contributed by atoms with E-state index in [-0.39, 0.29) is 17.7 Å². The molecular formula is C18H25N3O4. The summed E-state index contributed by atoms with van der Waals surface area (Å²) in [6.45, 7) is 3.34. The number of pyridine rings is 1. The largest absolute Gasteiger partial charge is 0.381 e. The molecule has 4 rings (SSSR count). The van der Waals surface area contributed by atoms with Gasteiger partial charge in [-0.2, -0.15) is 0 Å². The zero-order chi connectivity index (χ0) is 17.1. The van der Waals surface area contributed by atoms with Crippen molar-refractivity contribution in [3.8, 4) is 0 Å². The maximum atomic E-state index is 12.1. The normalized spacial score (nSPS) is 24.7. The van der Waals surface area contributed by atoms with Crippen molar-refractivity contribution in [1.29, 1.82) is 0 Å². The third-order valence-electron chi connectivity index (χ3n) is 5.29. The average molecular weight is 347 g/mol. The van der Waals surface area contributed by atoms with Crippen molar-refractivity contribution >= 4 is 11.7 Å². The molecule has 3 aliphatic heterocycles. The van der Waals surface area contributed by atoms with Crippen molar-refractivity contribution in [3.63, 3.8) is 0 Å². The van der Waals surface area contributed by atoms with Gasteiger partial charge in [0.25, 0.3) is 0 Å². The molecule has 3 aliphatic rings. The Bertz CT molecular complexity index is 631. The van der Waals surface area contributed by atoms with Crippen molar-refractivity contribution in [2.45, 2.75) is 50.4 Å². The lowest BCUT2D eigenvalue weighted by molar-refractivity contribution is -0.101. The maximum Gasteiger partial charge on any atom is 0.319 e. The molecule has 25 heavy (non-hydrogen) atoms. The van der Waals surface area contributed by atoms with E-state index in [0.29, 0.717) is 25.4 Å². The summed E-state index contributed by atoms with van der Waals surface area (Å²) in [6, 6.07) is 1.71. The van der Waals surface area contributed by atoms with Crippen molar-refractivity contribution in [3.05, 3.63) is 23.5 Å². The molecule has 7 heteroatoms. The van der Waals surface area contributed by atoms with Gasteiger partial charge in [-0.05, 0) is 31.7 Å². The van der Waals surface area contributed by atoms with Crippen LogP contribution in [0.3, 0.4) is 0 Å². The second-order valence-corrected chi connectivity index (χ2v) is 7.04. The second kappa shape index (κ2) is 7.27. The van der Waals surface area contributed by atoms with Gasteiger partial charge in [-0.1, -0.05) is 0 Å². The number of nitrogens with zero attached hydrogens (tertiary/aromatic N) is 1. The van der Waals surface area contributed by atoms with E-state index in [4.69, 9.17) is 14.2 Å². The van der Waals surface area contributed by atoms with E-state index in [2.05, 4.69) is 15.6 Å². The minimum Gasteiger partial charge on any atom is -0.381 e. The van der Waals surface area contributed by atoms with Gasteiger partial charge in [-0.15, -0.1) is 0 Å². The Labute approximate surface area is 147 Å². The zero-order valence-corrected chi connectivity index (χ0v) is 14.4. The smallest absolute Gasteiger partial charge is 0.319 e. The van der Waals surface area contributed by atoms with Crippen LogP contribution in [0.4, 0.5) is 10.5 Å². The molecule has 2 fully saturated rings. The molecule has 0 radical (unpaired) electrons. The summed E-state index contributed by atoms with van der Waals surface area (Å²) in [5.74, 6) is 0. The highest BCUT2D eigenvalue weighted by Crippen LogP contribution is 2.38. The Morgan fingerprint density at radius 2 is 2.12 bits per heavy atom. The van der Waals surface area contributed by atoms with E-state index in [1.807, 2.05) is 6.07 Å². The lowest BCUT2D eigenvalue weighted by Crippen LogP contribution is -2.39. The molecule has 136 valence electrons. The van der Waals surface area contributed by atoms with E-state index in [1.165, 1.54) is 0 Å². The number of fused-ring (bicyclic) bond motifs is 1. The topological polar surface area (TPSA) is 81.7 Å². The first-order chi connectivity index (χ1) is 12.2. The molecular weight excluding hydrogens is 322 g/mol. The number of amides is 2. The Morgan fingerprint density at radius 1 is 1.24 bits per heavy atom. The van der Waals surface area contributed by atoms with Crippen molar-refractivity contribution in [2.75, 3.05) is 31.7 Å². The molecule has 0 saturated carbocycles. The SMILES string of the molecule is O=C(NCC1CCC2(CCOCC2)O1)Nc1cnc2c(c1)COCC2. The van der Waals surface area contributed by atoms with Gasteiger partial charge in [-0.3, -0.25) is 4.98 Å². The first-order valence-corrected chi connectivity index (χ1v) is 9.08. The lowest BCUT2D eigenvalue weighted by Gasteiger charge is -2.33. The Balaban J connectivity index is 1.25. The fraction of sp³-hybridized carbons (Fsp3) is 0.667. The minimum absolute atomic E-state index is 0.0243. The van der Waals surface area contributed by atoms with Gasteiger partial charge >= 0.3 is 6.03 Å². The van der Waals surface area contributed by atoms with Crippen LogP contribution in [0.25, 0.3) is 0 Å². The minimum atomic E-state index is -0.227. The van der Waals surface area contributed by atoms with Gasteiger partial charge in [0, 0.05) is 37.4 Å². The number of hydrogen-bond acceptors (Lipinski definition) is 5. The first-order valence-electron chi connectivity index (χ1n) is 9.08. The fourth-order valence-electron chi connectivity index (χ4n) is 3.84. The van der Waals surface area contributed by atoms with Crippen LogP contribution in [0.5, 0.6) is 0 Å². The van der Waals surface area contributed by atoms with Gasteiger partial charge in [0.1, 0.15) is 0 Å². The van der Waals surface area contributed by atoms with Crippen LogP contribution in [0.1, 0.15) is 36.9 Å². The van der Waals surface area contributed by atoms with E-state index in [0.717, 1.165) is 56.6 Å². The molecule has 2 saturated heterocycles. The third kappa shape index (κ3) is 3.94. The predicted molar refractivity (Wildman–Crippen MR) is 91.5 cm³/mol. The average Bonchev–Trinajstić information content (AvgIpc) is 3.03. The molecule has 0 aromatic carbocycles. The van der Waals surface area contributed by atoms with E-state index in [1.54, 1.807) is 6.20 Å². The summed E-state index contributed by atoms with van der Waals surface area (Å²) in [5.41, 5.74) is 2.77. The number of rotatable bonds is 3. The molecule has 2 N–H and O–H groups in total. The Kier molecular flexibility index (Phi) is 4.87. The maximum absolute atomic E-state index is 12.1.